The van der Waals surface area contributed by atoms with E-state index in [1.54, 1.807) is 13.3 Å². The molecule has 1 N–H and O–H groups in total. The number of nitro benzene ring substituents is 2. The van der Waals surface area contributed by atoms with Gasteiger partial charge in [-0.15, -0.1) is 0 Å². The van der Waals surface area contributed by atoms with Crippen LogP contribution in [0, 0.1) is 20.2 Å². The average molecular weight is 372 g/mol. The minimum Gasteiger partial charge on any atom is -0.497 e. The summed E-state index contributed by atoms with van der Waals surface area (Å²) in [4.78, 5) is 20.6. The van der Waals surface area contributed by atoms with Crippen molar-refractivity contribution in [3.63, 3.8) is 0 Å². The third-order valence-corrected chi connectivity index (χ3v) is 3.93. The lowest BCUT2D eigenvalue weighted by atomic mass is 10.0. The van der Waals surface area contributed by atoms with Crippen LogP contribution in [0.15, 0.2) is 41.5 Å². The summed E-state index contributed by atoms with van der Waals surface area (Å²) in [5.41, 5.74) is 3.82. The second-order valence-electron chi connectivity index (χ2n) is 5.75. The fraction of sp³-hybridized carbons (Fsp3) is 0.278. The first kappa shape index (κ1) is 19.8. The van der Waals surface area contributed by atoms with Gasteiger partial charge in [0.1, 0.15) is 11.4 Å². The number of nitrogens with one attached hydrogen (secondary N) is 1. The van der Waals surface area contributed by atoms with E-state index < -0.39 is 15.5 Å². The predicted octanol–water partition coefficient (Wildman–Crippen LogP) is 4.30. The van der Waals surface area contributed by atoms with E-state index in [9.17, 15) is 20.2 Å². The molecule has 0 spiro atoms. The highest BCUT2D eigenvalue weighted by Gasteiger charge is 2.19. The van der Waals surface area contributed by atoms with Crippen molar-refractivity contribution in [2.45, 2.75) is 26.2 Å². The van der Waals surface area contributed by atoms with Crippen LogP contribution >= 0.6 is 0 Å². The summed E-state index contributed by atoms with van der Waals surface area (Å²) in [6.45, 7) is 2.10. The average Bonchev–Trinajstić information content (AvgIpc) is 2.66. The van der Waals surface area contributed by atoms with Gasteiger partial charge in [-0.05, 0) is 48.2 Å². The van der Waals surface area contributed by atoms with Crippen molar-refractivity contribution in [1.82, 2.24) is 0 Å². The summed E-state index contributed by atoms with van der Waals surface area (Å²) >= 11 is 0. The SMILES string of the molecule is CCCCc1cc(OC)ccc1/C=N/Nc1ccc([N+](=O)[O-])cc1[N+](=O)[O-]. The number of unbranched alkanes of at least 4 members (excludes halogenated alkanes) is 1. The first-order chi connectivity index (χ1) is 13.0. The molecule has 142 valence electrons. The number of nitro groups is 2. The molecular formula is C18H20N4O5. The molecule has 0 heterocycles. The van der Waals surface area contributed by atoms with Crippen LogP contribution in [0.2, 0.25) is 0 Å². The summed E-state index contributed by atoms with van der Waals surface area (Å²) in [6.07, 6.45) is 4.47. The fourth-order valence-electron chi connectivity index (χ4n) is 2.47. The van der Waals surface area contributed by atoms with Crippen molar-refractivity contribution in [2.75, 3.05) is 12.5 Å². The zero-order valence-corrected chi connectivity index (χ0v) is 15.0. The number of hydrogen-bond acceptors (Lipinski definition) is 7. The number of anilines is 1. The summed E-state index contributed by atoms with van der Waals surface area (Å²) in [7, 11) is 1.60. The third-order valence-electron chi connectivity index (χ3n) is 3.93. The first-order valence-corrected chi connectivity index (χ1v) is 8.35. The molecule has 2 aromatic rings. The standard InChI is InChI=1S/C18H20N4O5/c1-3-4-5-13-10-16(27-2)8-6-14(13)12-19-20-17-9-7-15(21(23)24)11-18(17)22(25)26/h6-12,20H,3-5H2,1-2H3/b19-12+. The summed E-state index contributed by atoms with van der Waals surface area (Å²) in [6, 6.07) is 8.96. The molecule has 0 bridgehead atoms. The van der Waals surface area contributed by atoms with Crippen molar-refractivity contribution < 1.29 is 14.6 Å². The number of ether oxygens (including phenoxy) is 1. The number of benzene rings is 2. The van der Waals surface area contributed by atoms with E-state index in [2.05, 4.69) is 17.5 Å². The maximum Gasteiger partial charge on any atom is 0.301 e. The Hall–Kier alpha value is -3.49. The second-order valence-corrected chi connectivity index (χ2v) is 5.75. The Labute approximate surface area is 156 Å². The quantitative estimate of drug-likeness (QED) is 0.398. The molecule has 27 heavy (non-hydrogen) atoms. The topological polar surface area (TPSA) is 120 Å². The van der Waals surface area contributed by atoms with Crippen LogP contribution < -0.4 is 10.2 Å². The van der Waals surface area contributed by atoms with Gasteiger partial charge in [0, 0.05) is 6.07 Å². The van der Waals surface area contributed by atoms with Gasteiger partial charge in [0.05, 0.1) is 29.2 Å². The molecule has 0 radical (unpaired) electrons. The molecule has 2 rings (SSSR count). The molecule has 0 aliphatic carbocycles. The molecular weight excluding hydrogens is 352 g/mol. The van der Waals surface area contributed by atoms with Crippen molar-refractivity contribution in [1.29, 1.82) is 0 Å². The van der Waals surface area contributed by atoms with E-state index in [0.29, 0.717) is 0 Å². The number of nitrogens with zero attached hydrogens (tertiary/aromatic N) is 3. The third kappa shape index (κ3) is 5.24. The molecule has 0 saturated heterocycles. The van der Waals surface area contributed by atoms with E-state index in [1.807, 2.05) is 18.2 Å². The lowest BCUT2D eigenvalue weighted by Gasteiger charge is -2.08. The van der Waals surface area contributed by atoms with Gasteiger partial charge in [-0.25, -0.2) is 0 Å². The minimum absolute atomic E-state index is 0.0745. The molecule has 2 aromatic carbocycles. The van der Waals surface area contributed by atoms with Crippen LogP contribution in [0.25, 0.3) is 0 Å². The molecule has 0 saturated carbocycles. The number of hydrazone groups is 1. The van der Waals surface area contributed by atoms with Crippen LogP contribution in [-0.4, -0.2) is 23.2 Å². The van der Waals surface area contributed by atoms with Gasteiger partial charge in [0.2, 0.25) is 0 Å². The molecule has 9 nitrogen and oxygen atoms in total. The number of rotatable bonds is 9. The number of aryl methyl sites for hydroxylation is 1. The van der Waals surface area contributed by atoms with Gasteiger partial charge >= 0.3 is 5.69 Å². The molecule has 0 fully saturated rings. The molecule has 0 aromatic heterocycles. The van der Waals surface area contributed by atoms with E-state index in [4.69, 9.17) is 4.74 Å². The Balaban J connectivity index is 2.24. The highest BCUT2D eigenvalue weighted by Crippen LogP contribution is 2.29. The fourth-order valence-corrected chi connectivity index (χ4v) is 2.47. The summed E-state index contributed by atoms with van der Waals surface area (Å²) < 4.78 is 5.25. The van der Waals surface area contributed by atoms with Gasteiger partial charge in [-0.1, -0.05) is 13.3 Å². The number of hydrogen-bond donors (Lipinski definition) is 1. The van der Waals surface area contributed by atoms with Crippen LogP contribution in [0.3, 0.4) is 0 Å². The zero-order chi connectivity index (χ0) is 19.8. The molecule has 0 unspecified atom stereocenters. The summed E-state index contributed by atoms with van der Waals surface area (Å²) in [5, 5.41) is 26.0. The van der Waals surface area contributed by atoms with Gasteiger partial charge in [0.25, 0.3) is 5.69 Å². The summed E-state index contributed by atoms with van der Waals surface area (Å²) in [5.74, 6) is 0.747. The van der Waals surface area contributed by atoms with Gasteiger partial charge in [-0.2, -0.15) is 5.10 Å². The van der Waals surface area contributed by atoms with Crippen molar-refractivity contribution in [3.05, 3.63) is 67.8 Å². The van der Waals surface area contributed by atoms with Crippen molar-refractivity contribution in [2.24, 2.45) is 5.10 Å². The normalized spacial score (nSPS) is 10.7. The van der Waals surface area contributed by atoms with E-state index in [-0.39, 0.29) is 11.4 Å². The largest absolute Gasteiger partial charge is 0.497 e. The van der Waals surface area contributed by atoms with Crippen molar-refractivity contribution in [3.8, 4) is 5.75 Å². The van der Waals surface area contributed by atoms with E-state index >= 15 is 0 Å². The van der Waals surface area contributed by atoms with Crippen LogP contribution in [0.1, 0.15) is 30.9 Å². The zero-order valence-electron chi connectivity index (χ0n) is 15.0. The smallest absolute Gasteiger partial charge is 0.301 e. The van der Waals surface area contributed by atoms with Gasteiger partial charge in [-0.3, -0.25) is 25.7 Å². The molecule has 9 heteroatoms. The minimum atomic E-state index is -0.690. The lowest BCUT2D eigenvalue weighted by molar-refractivity contribution is -0.393. The van der Waals surface area contributed by atoms with Gasteiger partial charge in [0.15, 0.2) is 0 Å². The Kier molecular flexibility index (Phi) is 6.81. The Bertz CT molecular complexity index is 867. The Morgan fingerprint density at radius 3 is 2.56 bits per heavy atom. The molecule has 0 aliphatic heterocycles. The number of non-ortho nitro benzene ring substituents is 1. The van der Waals surface area contributed by atoms with Crippen LogP contribution in [0.5, 0.6) is 5.75 Å². The van der Waals surface area contributed by atoms with E-state index in [0.717, 1.165) is 42.2 Å². The Morgan fingerprint density at radius 1 is 1.15 bits per heavy atom. The highest BCUT2D eigenvalue weighted by molar-refractivity contribution is 5.83. The monoisotopic (exact) mass is 372 g/mol. The van der Waals surface area contributed by atoms with Gasteiger partial charge < -0.3 is 4.74 Å². The first-order valence-electron chi connectivity index (χ1n) is 8.35. The maximum absolute atomic E-state index is 11.1. The highest BCUT2D eigenvalue weighted by atomic mass is 16.6. The van der Waals surface area contributed by atoms with Crippen molar-refractivity contribution >= 4 is 23.3 Å². The van der Waals surface area contributed by atoms with Crippen LogP contribution in [0.4, 0.5) is 17.1 Å². The predicted molar refractivity (Wildman–Crippen MR) is 103 cm³/mol. The molecule has 0 amide bonds. The maximum atomic E-state index is 11.1. The second kappa shape index (κ2) is 9.27. The van der Waals surface area contributed by atoms with Crippen LogP contribution in [-0.2, 0) is 6.42 Å². The molecule has 0 aliphatic rings. The number of methoxy groups -OCH3 is 1. The Morgan fingerprint density at radius 2 is 1.93 bits per heavy atom. The molecule has 0 atom stereocenters. The lowest BCUT2D eigenvalue weighted by Crippen LogP contribution is -2.00. The van der Waals surface area contributed by atoms with E-state index in [1.165, 1.54) is 12.1 Å².